The molecule has 0 aromatic heterocycles. The monoisotopic (exact) mass is 289 g/mol. The van der Waals surface area contributed by atoms with Gasteiger partial charge in [-0.3, -0.25) is 9.59 Å². The van der Waals surface area contributed by atoms with E-state index in [0.29, 0.717) is 18.2 Å². The number of likely N-dealkylation sites (tertiary alicyclic amines) is 1. The van der Waals surface area contributed by atoms with Crippen LogP contribution in [0.15, 0.2) is 24.3 Å². The molecule has 21 heavy (non-hydrogen) atoms. The summed E-state index contributed by atoms with van der Waals surface area (Å²) in [6, 6.07) is 7.77. The largest absolute Gasteiger partial charge is 0.352 e. The quantitative estimate of drug-likeness (QED) is 0.855. The molecule has 1 saturated heterocycles. The molecule has 0 spiro atoms. The van der Waals surface area contributed by atoms with Gasteiger partial charge >= 0.3 is 0 Å². The molecule has 5 heteroatoms. The average molecular weight is 289 g/mol. The lowest BCUT2D eigenvalue weighted by atomic mass is 10.1. The van der Waals surface area contributed by atoms with Crippen LogP contribution in [-0.2, 0) is 11.3 Å². The Morgan fingerprint density at radius 3 is 2.62 bits per heavy atom. The van der Waals surface area contributed by atoms with E-state index in [4.69, 9.17) is 0 Å². The molecule has 114 valence electrons. The molecular weight excluding hydrogens is 266 g/mol. The van der Waals surface area contributed by atoms with E-state index in [1.54, 1.807) is 0 Å². The van der Waals surface area contributed by atoms with Gasteiger partial charge in [0.1, 0.15) is 0 Å². The zero-order chi connectivity index (χ0) is 15.2. The van der Waals surface area contributed by atoms with E-state index >= 15 is 0 Å². The lowest BCUT2D eigenvalue weighted by Gasteiger charge is -2.24. The third-order valence-corrected chi connectivity index (χ3v) is 3.82. The molecular formula is C16H23N3O2. The summed E-state index contributed by atoms with van der Waals surface area (Å²) in [6.07, 6.45) is 2.13. The van der Waals surface area contributed by atoms with Crippen molar-refractivity contribution < 1.29 is 9.59 Å². The zero-order valence-electron chi connectivity index (χ0n) is 12.7. The van der Waals surface area contributed by atoms with Crippen molar-refractivity contribution in [1.82, 2.24) is 15.5 Å². The molecule has 1 atom stereocenters. The second-order valence-corrected chi connectivity index (χ2v) is 5.46. The predicted octanol–water partition coefficient (Wildman–Crippen LogP) is 1.15. The highest BCUT2D eigenvalue weighted by atomic mass is 16.2. The summed E-state index contributed by atoms with van der Waals surface area (Å²) < 4.78 is 0. The number of amides is 2. The van der Waals surface area contributed by atoms with Gasteiger partial charge in [-0.25, -0.2) is 0 Å². The first-order valence-corrected chi connectivity index (χ1v) is 7.40. The molecule has 0 radical (unpaired) electrons. The number of likely N-dealkylation sites (N-methyl/N-ethyl adjacent to an activating group) is 1. The van der Waals surface area contributed by atoms with E-state index < -0.39 is 0 Å². The van der Waals surface area contributed by atoms with Crippen LogP contribution >= 0.6 is 0 Å². The van der Waals surface area contributed by atoms with Crippen LogP contribution in [0, 0.1) is 0 Å². The number of hydrogen-bond acceptors (Lipinski definition) is 3. The molecule has 5 nitrogen and oxygen atoms in total. The highest BCUT2D eigenvalue weighted by molar-refractivity contribution is 5.94. The molecule has 1 heterocycles. The fourth-order valence-corrected chi connectivity index (χ4v) is 2.71. The van der Waals surface area contributed by atoms with Gasteiger partial charge in [-0.2, -0.15) is 0 Å². The maximum absolute atomic E-state index is 12.5. The van der Waals surface area contributed by atoms with Crippen molar-refractivity contribution in [3.8, 4) is 0 Å². The van der Waals surface area contributed by atoms with Crippen LogP contribution in [-0.4, -0.2) is 42.9 Å². The Kier molecular flexibility index (Phi) is 5.33. The standard InChI is InChI=1S/C16H23N3O2/c1-12(20)18-10-13-5-7-14(8-6-13)16(21)19-9-3-4-15(19)11-17-2/h5-8,15,17H,3-4,9-11H2,1-2H3,(H,18,20)/t15-/m1/s1. The fourth-order valence-electron chi connectivity index (χ4n) is 2.71. The first-order chi connectivity index (χ1) is 10.1. The average Bonchev–Trinajstić information content (AvgIpc) is 2.93. The minimum atomic E-state index is -0.0536. The lowest BCUT2D eigenvalue weighted by Crippen LogP contribution is -2.40. The molecule has 0 unspecified atom stereocenters. The van der Waals surface area contributed by atoms with Crippen LogP contribution in [0.4, 0.5) is 0 Å². The van der Waals surface area contributed by atoms with Crippen LogP contribution in [0.1, 0.15) is 35.7 Å². The summed E-state index contributed by atoms with van der Waals surface area (Å²) in [7, 11) is 1.91. The van der Waals surface area contributed by atoms with E-state index in [-0.39, 0.29) is 11.8 Å². The first-order valence-electron chi connectivity index (χ1n) is 7.40. The molecule has 1 aliphatic rings. The highest BCUT2D eigenvalue weighted by Gasteiger charge is 2.28. The summed E-state index contributed by atoms with van der Waals surface area (Å²) in [6.45, 7) is 3.66. The summed E-state index contributed by atoms with van der Waals surface area (Å²) in [5.41, 5.74) is 1.71. The van der Waals surface area contributed by atoms with Gasteiger partial charge in [-0.15, -0.1) is 0 Å². The number of carbonyl (C=O) groups is 2. The highest BCUT2D eigenvalue weighted by Crippen LogP contribution is 2.19. The number of hydrogen-bond donors (Lipinski definition) is 2. The van der Waals surface area contributed by atoms with E-state index in [0.717, 1.165) is 31.5 Å². The molecule has 1 aliphatic heterocycles. The van der Waals surface area contributed by atoms with Crippen molar-refractivity contribution in [2.45, 2.75) is 32.4 Å². The second kappa shape index (κ2) is 7.22. The van der Waals surface area contributed by atoms with Crippen LogP contribution in [0.2, 0.25) is 0 Å². The first kappa shape index (κ1) is 15.5. The van der Waals surface area contributed by atoms with Gasteiger partial charge < -0.3 is 15.5 Å². The summed E-state index contributed by atoms with van der Waals surface area (Å²) in [5, 5.41) is 5.90. The van der Waals surface area contributed by atoms with Gasteiger partial charge in [0.25, 0.3) is 5.91 Å². The van der Waals surface area contributed by atoms with Crippen molar-refractivity contribution >= 4 is 11.8 Å². The Labute approximate surface area is 125 Å². The molecule has 0 aliphatic carbocycles. The topological polar surface area (TPSA) is 61.4 Å². The molecule has 1 fully saturated rings. The van der Waals surface area contributed by atoms with E-state index in [9.17, 15) is 9.59 Å². The zero-order valence-corrected chi connectivity index (χ0v) is 12.7. The summed E-state index contributed by atoms with van der Waals surface area (Å²) >= 11 is 0. The molecule has 1 aromatic carbocycles. The van der Waals surface area contributed by atoms with Gasteiger partial charge in [0, 0.05) is 38.2 Å². The third-order valence-electron chi connectivity index (χ3n) is 3.82. The third kappa shape index (κ3) is 4.04. The molecule has 2 rings (SSSR count). The summed E-state index contributed by atoms with van der Waals surface area (Å²) in [4.78, 5) is 25.4. The van der Waals surface area contributed by atoms with Crippen molar-refractivity contribution in [2.24, 2.45) is 0 Å². The van der Waals surface area contributed by atoms with Crippen LogP contribution in [0.25, 0.3) is 0 Å². The molecule has 1 aromatic rings. The number of benzene rings is 1. The molecule has 0 bridgehead atoms. The molecule has 0 saturated carbocycles. The smallest absolute Gasteiger partial charge is 0.254 e. The molecule has 2 N–H and O–H groups in total. The van der Waals surface area contributed by atoms with Crippen molar-refractivity contribution in [1.29, 1.82) is 0 Å². The van der Waals surface area contributed by atoms with Gasteiger partial charge in [0.15, 0.2) is 0 Å². The van der Waals surface area contributed by atoms with Crippen LogP contribution in [0.5, 0.6) is 0 Å². The minimum Gasteiger partial charge on any atom is -0.352 e. The normalized spacial score (nSPS) is 17.8. The number of rotatable bonds is 5. The Morgan fingerprint density at radius 1 is 1.29 bits per heavy atom. The maximum Gasteiger partial charge on any atom is 0.254 e. The van der Waals surface area contributed by atoms with E-state index in [1.165, 1.54) is 6.92 Å². The lowest BCUT2D eigenvalue weighted by molar-refractivity contribution is -0.119. The van der Waals surface area contributed by atoms with Gasteiger partial charge in [-0.05, 0) is 37.6 Å². The van der Waals surface area contributed by atoms with Crippen LogP contribution < -0.4 is 10.6 Å². The van der Waals surface area contributed by atoms with E-state index in [2.05, 4.69) is 10.6 Å². The van der Waals surface area contributed by atoms with Crippen molar-refractivity contribution in [3.05, 3.63) is 35.4 Å². The van der Waals surface area contributed by atoms with Gasteiger partial charge in [0.2, 0.25) is 5.91 Å². The maximum atomic E-state index is 12.5. The van der Waals surface area contributed by atoms with Gasteiger partial charge in [0.05, 0.1) is 0 Å². The SMILES string of the molecule is CNC[C@H]1CCCN1C(=O)c1ccc(CNC(C)=O)cc1. The number of nitrogens with one attached hydrogen (secondary N) is 2. The minimum absolute atomic E-state index is 0.0536. The Bertz CT molecular complexity index is 499. The summed E-state index contributed by atoms with van der Waals surface area (Å²) in [5.74, 6) is 0.0426. The predicted molar refractivity (Wildman–Crippen MR) is 81.9 cm³/mol. The Morgan fingerprint density at radius 2 is 2.00 bits per heavy atom. The Balaban J connectivity index is 2.00. The second-order valence-electron chi connectivity index (χ2n) is 5.46. The van der Waals surface area contributed by atoms with E-state index in [1.807, 2.05) is 36.2 Å². The van der Waals surface area contributed by atoms with Crippen LogP contribution in [0.3, 0.4) is 0 Å². The van der Waals surface area contributed by atoms with Crippen molar-refractivity contribution in [2.75, 3.05) is 20.1 Å². The van der Waals surface area contributed by atoms with Gasteiger partial charge in [-0.1, -0.05) is 12.1 Å². The number of nitrogens with zero attached hydrogens (tertiary/aromatic N) is 1. The Hall–Kier alpha value is -1.88. The molecule has 2 amide bonds. The number of carbonyl (C=O) groups excluding carboxylic acids is 2. The fraction of sp³-hybridized carbons (Fsp3) is 0.500. The van der Waals surface area contributed by atoms with Crippen molar-refractivity contribution in [3.63, 3.8) is 0 Å².